The molecule has 5 N–H and O–H groups in total. The molecule has 204 valence electrons. The van der Waals surface area contributed by atoms with Crippen molar-refractivity contribution in [3.8, 4) is 5.75 Å². The van der Waals surface area contributed by atoms with E-state index in [1.807, 2.05) is 6.08 Å². The number of allylic oxidation sites excluding steroid dienone is 1. The zero-order valence-corrected chi connectivity index (χ0v) is 21.8. The molecule has 0 aromatic heterocycles. The number of rotatable bonds is 13. The summed E-state index contributed by atoms with van der Waals surface area (Å²) in [6.45, 7) is 7.70. The minimum Gasteiger partial charge on any atom is -0.491 e. The summed E-state index contributed by atoms with van der Waals surface area (Å²) in [5.74, 6) is -0.859. The molecule has 0 heterocycles. The summed E-state index contributed by atoms with van der Waals surface area (Å²) in [5, 5.41) is 8.83. The monoisotopic (exact) mass is 520 g/mol. The van der Waals surface area contributed by atoms with Crippen LogP contribution in [0.25, 0.3) is 5.70 Å². The first-order chi connectivity index (χ1) is 17.4. The lowest BCUT2D eigenvalue weighted by atomic mass is 9.96. The number of anilines is 1. The van der Waals surface area contributed by atoms with Crippen LogP contribution in [0.3, 0.4) is 0 Å². The molecule has 10 heteroatoms. The maximum Gasteiger partial charge on any atom is 0.235 e. The van der Waals surface area contributed by atoms with Crippen LogP contribution in [0.1, 0.15) is 57.9 Å². The number of nitrogen functional groups attached to an aromatic ring is 1. The Morgan fingerprint density at radius 1 is 1.24 bits per heavy atom. The predicted octanol–water partition coefficient (Wildman–Crippen LogP) is 3.58. The van der Waals surface area contributed by atoms with Gasteiger partial charge in [-0.25, -0.2) is 8.78 Å². The number of hydrogen-bond acceptors (Lipinski definition) is 6. The smallest absolute Gasteiger partial charge is 0.235 e. The molecule has 3 rings (SSSR count). The average Bonchev–Trinajstić information content (AvgIpc) is 3.61. The van der Waals surface area contributed by atoms with E-state index in [9.17, 15) is 18.4 Å². The molecule has 1 aromatic carbocycles. The summed E-state index contributed by atoms with van der Waals surface area (Å²) in [5.41, 5.74) is 5.19. The van der Waals surface area contributed by atoms with E-state index in [4.69, 9.17) is 15.2 Å². The van der Waals surface area contributed by atoms with Gasteiger partial charge in [-0.1, -0.05) is 12.7 Å². The van der Waals surface area contributed by atoms with Gasteiger partial charge in [0.25, 0.3) is 0 Å². The van der Waals surface area contributed by atoms with Crippen LogP contribution < -0.4 is 26.4 Å². The molecule has 0 spiro atoms. The Hall–Kier alpha value is -3.14. The second-order valence-electron chi connectivity index (χ2n) is 10.3. The summed E-state index contributed by atoms with van der Waals surface area (Å²) in [7, 11) is 1.55. The minimum absolute atomic E-state index is 0.119. The Labute approximate surface area is 217 Å². The van der Waals surface area contributed by atoms with Crippen LogP contribution in [0.4, 0.5) is 14.5 Å². The van der Waals surface area contributed by atoms with Crippen LogP contribution in [-0.2, 0) is 14.3 Å². The summed E-state index contributed by atoms with van der Waals surface area (Å²) in [6, 6.07) is 2.69. The Bertz CT molecular complexity index is 1020. The van der Waals surface area contributed by atoms with E-state index >= 15 is 0 Å². The molecule has 2 amide bonds. The Morgan fingerprint density at radius 3 is 2.54 bits per heavy atom. The molecule has 0 aliphatic heterocycles. The van der Waals surface area contributed by atoms with Gasteiger partial charge in [0.2, 0.25) is 11.8 Å². The Morgan fingerprint density at radius 2 is 1.97 bits per heavy atom. The largest absolute Gasteiger partial charge is 0.491 e. The maximum atomic E-state index is 14.7. The van der Waals surface area contributed by atoms with Gasteiger partial charge in [-0.2, -0.15) is 0 Å². The third kappa shape index (κ3) is 7.67. The fourth-order valence-corrected chi connectivity index (χ4v) is 4.23. The molecule has 1 fully saturated rings. The first-order valence-electron chi connectivity index (χ1n) is 12.6. The molecule has 1 aromatic rings. The molecule has 0 saturated heterocycles. The van der Waals surface area contributed by atoms with E-state index in [0.29, 0.717) is 50.2 Å². The number of carbonyl (C=O) groups is 2. The van der Waals surface area contributed by atoms with E-state index in [1.165, 1.54) is 19.9 Å². The van der Waals surface area contributed by atoms with Crippen molar-refractivity contribution in [2.75, 3.05) is 32.6 Å². The van der Waals surface area contributed by atoms with E-state index in [-0.39, 0.29) is 48.7 Å². The van der Waals surface area contributed by atoms with Crippen LogP contribution in [-0.4, -0.2) is 50.4 Å². The first kappa shape index (κ1) is 28.4. The van der Waals surface area contributed by atoms with Crippen LogP contribution in [0.15, 0.2) is 30.5 Å². The highest BCUT2D eigenvalue weighted by atomic mass is 19.1. The Balaban J connectivity index is 1.51. The van der Waals surface area contributed by atoms with Gasteiger partial charge >= 0.3 is 0 Å². The zero-order valence-electron chi connectivity index (χ0n) is 21.8. The molecule has 8 nitrogen and oxygen atoms in total. The first-order valence-corrected chi connectivity index (χ1v) is 12.6. The van der Waals surface area contributed by atoms with E-state index < -0.39 is 16.9 Å². The number of hydrogen-bond donors (Lipinski definition) is 4. The van der Waals surface area contributed by atoms with Crippen LogP contribution in [0.5, 0.6) is 5.75 Å². The molecule has 1 unspecified atom stereocenters. The predicted molar refractivity (Wildman–Crippen MR) is 139 cm³/mol. The number of ether oxygens (including phenoxy) is 2. The zero-order chi connectivity index (χ0) is 27.2. The highest BCUT2D eigenvalue weighted by Gasteiger charge is 2.56. The van der Waals surface area contributed by atoms with Gasteiger partial charge < -0.3 is 31.2 Å². The number of methoxy groups -OCH3 is 1. The molecular formula is C27H38F2N4O4. The second-order valence-corrected chi connectivity index (χ2v) is 10.3. The lowest BCUT2D eigenvalue weighted by Gasteiger charge is -2.26. The summed E-state index contributed by atoms with van der Waals surface area (Å²) < 4.78 is 38.7. The van der Waals surface area contributed by atoms with Gasteiger partial charge in [0.05, 0.1) is 12.2 Å². The van der Waals surface area contributed by atoms with E-state index in [0.717, 1.165) is 5.70 Å². The van der Waals surface area contributed by atoms with Crippen molar-refractivity contribution in [3.05, 3.63) is 41.9 Å². The molecule has 2 aliphatic rings. The third-order valence-corrected chi connectivity index (χ3v) is 6.63. The molecule has 37 heavy (non-hydrogen) atoms. The molecule has 1 saturated carbocycles. The average molecular weight is 521 g/mol. The van der Waals surface area contributed by atoms with Gasteiger partial charge in [0.15, 0.2) is 0 Å². The molecular weight excluding hydrogens is 482 g/mol. The van der Waals surface area contributed by atoms with Crippen molar-refractivity contribution < 1.29 is 27.8 Å². The summed E-state index contributed by atoms with van der Waals surface area (Å²) in [4.78, 5) is 25.4. The topological polar surface area (TPSA) is 115 Å². The summed E-state index contributed by atoms with van der Waals surface area (Å²) in [6.07, 6.45) is 4.90. The third-order valence-electron chi connectivity index (χ3n) is 6.63. The van der Waals surface area contributed by atoms with Crippen molar-refractivity contribution in [1.29, 1.82) is 0 Å². The standard InChI is InChI=1S/C27H38F2N4O4/c1-17(23-21(28)15-20(16-22(23)30)37-14-13-36-4)32-18-5-7-19(8-6-18)33-25(35)27(9-10-27)24(34)31-12-11-26(2,3)29/h5,15-16,19,32H,1,6-14,30H2,2-4H3,(H,31,34)(H,33,35). The van der Waals surface area contributed by atoms with Crippen molar-refractivity contribution in [2.24, 2.45) is 5.41 Å². The van der Waals surface area contributed by atoms with Gasteiger partial charge in [-0.05, 0) is 52.4 Å². The van der Waals surface area contributed by atoms with E-state index in [1.54, 1.807) is 13.2 Å². The quantitative estimate of drug-likeness (QED) is 0.180. The van der Waals surface area contributed by atoms with Crippen molar-refractivity contribution >= 4 is 23.2 Å². The normalized spacial score (nSPS) is 18.4. The number of nitrogens with one attached hydrogen (secondary N) is 3. The molecule has 2 aliphatic carbocycles. The highest BCUT2D eigenvalue weighted by molar-refractivity contribution is 6.08. The van der Waals surface area contributed by atoms with E-state index in [2.05, 4.69) is 22.5 Å². The van der Waals surface area contributed by atoms with Crippen molar-refractivity contribution in [1.82, 2.24) is 16.0 Å². The number of carbonyl (C=O) groups excluding carboxylic acids is 2. The molecule has 1 atom stereocenters. The maximum absolute atomic E-state index is 14.7. The van der Waals surface area contributed by atoms with Crippen molar-refractivity contribution in [2.45, 2.75) is 64.1 Å². The SMILES string of the molecule is C=C(NC1=CCC(NC(=O)C2(C(=O)NCCC(C)(C)F)CC2)CC1)c1c(N)cc(OCCOC)cc1F. The number of alkyl halides is 1. The van der Waals surface area contributed by atoms with Crippen LogP contribution in [0, 0.1) is 11.2 Å². The second kappa shape index (κ2) is 11.9. The lowest BCUT2D eigenvalue weighted by molar-refractivity contribution is -0.137. The number of benzene rings is 1. The number of halogens is 2. The van der Waals surface area contributed by atoms with Gasteiger partial charge in [0, 0.05) is 48.9 Å². The number of amides is 2. The molecule has 0 bridgehead atoms. The van der Waals surface area contributed by atoms with Crippen molar-refractivity contribution in [3.63, 3.8) is 0 Å². The molecule has 0 radical (unpaired) electrons. The fourth-order valence-electron chi connectivity index (χ4n) is 4.23. The van der Waals surface area contributed by atoms with Gasteiger partial charge in [0.1, 0.15) is 29.3 Å². The fraction of sp³-hybridized carbons (Fsp3) is 0.556. The minimum atomic E-state index is -1.38. The lowest BCUT2D eigenvalue weighted by Crippen LogP contribution is -2.47. The Kier molecular flexibility index (Phi) is 9.17. The van der Waals surface area contributed by atoms with Gasteiger partial charge in [-0.15, -0.1) is 0 Å². The summed E-state index contributed by atoms with van der Waals surface area (Å²) >= 11 is 0. The van der Waals surface area contributed by atoms with Crippen LogP contribution >= 0.6 is 0 Å². The van der Waals surface area contributed by atoms with Gasteiger partial charge in [-0.3, -0.25) is 9.59 Å². The highest BCUT2D eigenvalue weighted by Crippen LogP contribution is 2.46. The van der Waals surface area contributed by atoms with Crippen LogP contribution in [0.2, 0.25) is 0 Å². The number of nitrogens with two attached hydrogens (primary N) is 1.